The van der Waals surface area contributed by atoms with E-state index < -0.39 is 0 Å². The van der Waals surface area contributed by atoms with Crippen LogP contribution in [0.25, 0.3) is 22.4 Å². The number of pyridine rings is 1. The van der Waals surface area contributed by atoms with Crippen LogP contribution in [-0.4, -0.2) is 32.6 Å². The van der Waals surface area contributed by atoms with E-state index in [1.807, 2.05) is 13.0 Å². The van der Waals surface area contributed by atoms with Crippen LogP contribution < -0.4 is 10.6 Å². The molecule has 0 spiro atoms. The molecule has 0 radical (unpaired) electrons. The van der Waals surface area contributed by atoms with Gasteiger partial charge >= 0.3 is 6.03 Å². The Balaban J connectivity index is 1.99. The highest BCUT2D eigenvalue weighted by atomic mass is 79.9. The summed E-state index contributed by atoms with van der Waals surface area (Å²) < 4.78 is 1.10. The fourth-order valence-electron chi connectivity index (χ4n) is 2.15. The van der Waals surface area contributed by atoms with Gasteiger partial charge in [0, 0.05) is 12.1 Å². The average molecular weight is 467 g/mol. The van der Waals surface area contributed by atoms with Gasteiger partial charge in [-0.25, -0.2) is 19.7 Å². The van der Waals surface area contributed by atoms with Crippen LogP contribution in [-0.2, 0) is 0 Å². The van der Waals surface area contributed by atoms with Crippen molar-refractivity contribution in [2.75, 3.05) is 11.9 Å². The third kappa shape index (κ3) is 3.88. The molecular formula is C16H13Br2N5O2. The Bertz CT molecular complexity index is 941. The van der Waals surface area contributed by atoms with E-state index >= 15 is 0 Å². The van der Waals surface area contributed by atoms with Gasteiger partial charge in [0.25, 0.3) is 0 Å². The van der Waals surface area contributed by atoms with E-state index in [1.54, 1.807) is 18.2 Å². The van der Waals surface area contributed by atoms with E-state index in [9.17, 15) is 9.90 Å². The molecule has 0 atom stereocenters. The first-order valence-electron chi connectivity index (χ1n) is 7.35. The number of hydrogen-bond donors (Lipinski definition) is 3. The molecule has 0 saturated carbocycles. The second kappa shape index (κ2) is 7.32. The Kier molecular flexibility index (Phi) is 5.14. The molecule has 7 nitrogen and oxygen atoms in total. The quantitative estimate of drug-likeness (QED) is 0.540. The molecule has 2 aromatic heterocycles. The van der Waals surface area contributed by atoms with Crippen LogP contribution in [0.4, 0.5) is 10.6 Å². The minimum Gasteiger partial charge on any atom is -0.506 e. The van der Waals surface area contributed by atoms with Gasteiger partial charge in [-0.1, -0.05) is 0 Å². The van der Waals surface area contributed by atoms with Gasteiger partial charge in [-0.3, -0.25) is 5.32 Å². The number of aromatic hydroxyl groups is 1. The van der Waals surface area contributed by atoms with Gasteiger partial charge in [0.15, 0.2) is 11.5 Å². The molecule has 1 aromatic carbocycles. The summed E-state index contributed by atoms with van der Waals surface area (Å²) in [6.07, 6.45) is 1.48. The van der Waals surface area contributed by atoms with Crippen molar-refractivity contribution in [3.8, 4) is 17.0 Å². The maximum absolute atomic E-state index is 11.6. The first-order valence-corrected chi connectivity index (χ1v) is 8.93. The van der Waals surface area contributed by atoms with E-state index in [-0.39, 0.29) is 11.8 Å². The lowest BCUT2D eigenvalue weighted by Crippen LogP contribution is -2.28. The third-order valence-electron chi connectivity index (χ3n) is 3.30. The number of aromatic nitrogens is 3. The fourth-order valence-corrected chi connectivity index (χ4v) is 3.34. The summed E-state index contributed by atoms with van der Waals surface area (Å²) >= 11 is 6.61. The smallest absolute Gasteiger partial charge is 0.320 e. The molecule has 0 aliphatic rings. The second-order valence-electron chi connectivity index (χ2n) is 5.07. The number of amides is 2. The summed E-state index contributed by atoms with van der Waals surface area (Å²) in [6.45, 7) is 2.34. The van der Waals surface area contributed by atoms with Crippen molar-refractivity contribution in [1.82, 2.24) is 20.3 Å². The maximum atomic E-state index is 11.6. The van der Waals surface area contributed by atoms with Crippen LogP contribution in [0.1, 0.15) is 6.92 Å². The van der Waals surface area contributed by atoms with Crippen LogP contribution in [0.3, 0.4) is 0 Å². The number of halogens is 2. The number of hydrogen-bond acceptors (Lipinski definition) is 5. The first kappa shape index (κ1) is 17.6. The molecule has 3 rings (SSSR count). The summed E-state index contributed by atoms with van der Waals surface area (Å²) in [5.41, 5.74) is 2.48. The fraction of sp³-hybridized carbons (Fsp3) is 0.125. The van der Waals surface area contributed by atoms with Crippen LogP contribution in [0.5, 0.6) is 5.75 Å². The lowest BCUT2D eigenvalue weighted by atomic mass is 10.1. The lowest BCUT2D eigenvalue weighted by Gasteiger charge is -2.08. The maximum Gasteiger partial charge on any atom is 0.320 e. The number of carbonyl (C=O) groups excluding carboxylic acids is 1. The molecule has 0 bridgehead atoms. The largest absolute Gasteiger partial charge is 0.506 e. The molecular weight excluding hydrogens is 454 g/mol. The van der Waals surface area contributed by atoms with Crippen molar-refractivity contribution in [2.24, 2.45) is 0 Å². The van der Waals surface area contributed by atoms with Crippen LogP contribution in [0.15, 0.2) is 39.4 Å². The van der Waals surface area contributed by atoms with Crippen molar-refractivity contribution in [1.29, 1.82) is 0 Å². The van der Waals surface area contributed by atoms with Gasteiger partial charge in [0.1, 0.15) is 11.3 Å². The molecule has 128 valence electrons. The molecule has 2 heterocycles. The highest BCUT2D eigenvalue weighted by Gasteiger charge is 2.10. The zero-order chi connectivity index (χ0) is 18.0. The number of nitrogens with one attached hydrogen (secondary N) is 2. The summed E-state index contributed by atoms with van der Waals surface area (Å²) in [7, 11) is 0. The molecule has 0 aliphatic carbocycles. The number of phenols is 1. The number of nitrogens with zero attached hydrogens (tertiary/aromatic N) is 3. The Morgan fingerprint density at radius 1 is 1.20 bits per heavy atom. The summed E-state index contributed by atoms with van der Waals surface area (Å²) in [4.78, 5) is 24.7. The Morgan fingerprint density at radius 3 is 2.60 bits per heavy atom. The topological polar surface area (TPSA) is 100 Å². The Labute approximate surface area is 160 Å². The number of fused-ring (bicyclic) bond motifs is 1. The normalized spacial score (nSPS) is 10.7. The molecule has 3 N–H and O–H groups in total. The first-order chi connectivity index (χ1) is 12.0. The van der Waals surface area contributed by atoms with Crippen molar-refractivity contribution >= 4 is 54.9 Å². The molecule has 3 aromatic rings. The molecule has 0 fully saturated rings. The van der Waals surface area contributed by atoms with Crippen LogP contribution in [0.2, 0.25) is 0 Å². The van der Waals surface area contributed by atoms with Gasteiger partial charge in [-0.05, 0) is 63.0 Å². The van der Waals surface area contributed by atoms with Crippen molar-refractivity contribution in [2.45, 2.75) is 6.92 Å². The van der Waals surface area contributed by atoms with E-state index in [0.717, 1.165) is 5.56 Å². The highest BCUT2D eigenvalue weighted by Crippen LogP contribution is 2.36. The van der Waals surface area contributed by atoms with Gasteiger partial charge in [0.2, 0.25) is 0 Å². The second-order valence-corrected chi connectivity index (χ2v) is 6.78. The highest BCUT2D eigenvalue weighted by molar-refractivity contribution is 9.11. The molecule has 9 heteroatoms. The standard InChI is InChI=1S/C16H13Br2N5O2/c1-2-19-16(25)23-13-7-20-12-4-3-11(21-15(12)22-13)8-5-9(17)14(24)10(18)6-8/h3-7,24H,2H2,1H3,(H2,19,21,22,23,25). The SMILES string of the molecule is CCNC(=O)Nc1cnc2ccc(-c3cc(Br)c(O)c(Br)c3)nc2n1. The minimum absolute atomic E-state index is 0.123. The van der Waals surface area contributed by atoms with Crippen molar-refractivity contribution in [3.63, 3.8) is 0 Å². The lowest BCUT2D eigenvalue weighted by molar-refractivity contribution is 0.252. The van der Waals surface area contributed by atoms with Gasteiger partial charge in [-0.2, -0.15) is 0 Å². The van der Waals surface area contributed by atoms with Crippen LogP contribution >= 0.6 is 31.9 Å². The van der Waals surface area contributed by atoms with Crippen molar-refractivity contribution < 1.29 is 9.90 Å². The summed E-state index contributed by atoms with van der Waals surface area (Å²) in [6, 6.07) is 6.80. The minimum atomic E-state index is -0.348. The number of rotatable bonds is 3. The van der Waals surface area contributed by atoms with Gasteiger partial charge in [-0.15, -0.1) is 0 Å². The predicted octanol–water partition coefficient (Wildman–Crippen LogP) is 4.06. The zero-order valence-electron chi connectivity index (χ0n) is 13.0. The predicted molar refractivity (Wildman–Crippen MR) is 103 cm³/mol. The molecule has 0 saturated heterocycles. The summed E-state index contributed by atoms with van der Waals surface area (Å²) in [5, 5.41) is 15.1. The summed E-state index contributed by atoms with van der Waals surface area (Å²) in [5.74, 6) is 0.439. The number of anilines is 1. The Hall–Kier alpha value is -2.26. The number of phenolic OH excluding ortho intramolecular Hbond substituents is 1. The van der Waals surface area contributed by atoms with E-state index in [1.165, 1.54) is 6.20 Å². The number of benzene rings is 1. The molecule has 0 unspecified atom stereocenters. The number of urea groups is 1. The van der Waals surface area contributed by atoms with E-state index in [2.05, 4.69) is 57.4 Å². The van der Waals surface area contributed by atoms with Gasteiger partial charge in [0.05, 0.1) is 20.8 Å². The average Bonchev–Trinajstić information content (AvgIpc) is 2.58. The molecule has 25 heavy (non-hydrogen) atoms. The number of carbonyl (C=O) groups is 1. The monoisotopic (exact) mass is 465 g/mol. The van der Waals surface area contributed by atoms with E-state index in [0.29, 0.717) is 38.2 Å². The van der Waals surface area contributed by atoms with Crippen LogP contribution in [0, 0.1) is 0 Å². The van der Waals surface area contributed by atoms with Gasteiger partial charge < -0.3 is 10.4 Å². The zero-order valence-corrected chi connectivity index (χ0v) is 16.2. The van der Waals surface area contributed by atoms with Crippen molar-refractivity contribution in [3.05, 3.63) is 39.4 Å². The molecule has 0 aliphatic heterocycles. The third-order valence-corrected chi connectivity index (χ3v) is 4.51. The Morgan fingerprint density at radius 2 is 1.92 bits per heavy atom. The van der Waals surface area contributed by atoms with E-state index in [4.69, 9.17) is 0 Å². The molecule has 2 amide bonds.